The molecule has 0 atom stereocenters. The van der Waals surface area contributed by atoms with Gasteiger partial charge in [-0.3, -0.25) is 0 Å². The van der Waals surface area contributed by atoms with Gasteiger partial charge in [-0.15, -0.1) is 0 Å². The monoisotopic (exact) mass is 248 g/mol. The maximum absolute atomic E-state index is 5.32. The Morgan fingerprint density at radius 2 is 2.11 bits per heavy atom. The van der Waals surface area contributed by atoms with Gasteiger partial charge in [-0.25, -0.2) is 4.98 Å². The molecule has 0 amide bonds. The third kappa shape index (κ3) is 3.60. The van der Waals surface area contributed by atoms with Crippen molar-refractivity contribution in [3.8, 4) is 5.88 Å². The summed E-state index contributed by atoms with van der Waals surface area (Å²) in [7, 11) is 1.57. The fraction of sp³-hybridized carbons (Fsp3) is 0.357. The third-order valence-corrected chi connectivity index (χ3v) is 2.61. The van der Waals surface area contributed by atoms with E-state index >= 15 is 0 Å². The van der Waals surface area contributed by atoms with E-state index in [1.807, 2.05) is 31.2 Å². The van der Waals surface area contributed by atoms with E-state index in [4.69, 9.17) is 15.5 Å². The van der Waals surface area contributed by atoms with Crippen molar-refractivity contribution in [3.05, 3.63) is 41.6 Å². The van der Waals surface area contributed by atoms with Crippen LogP contribution in [-0.4, -0.2) is 12.1 Å². The lowest BCUT2D eigenvalue weighted by molar-refractivity contribution is 0.288. The number of methoxy groups -OCH3 is 1. The second-order valence-electron chi connectivity index (χ2n) is 4.14. The van der Waals surface area contributed by atoms with Crippen LogP contribution in [0.1, 0.15) is 26.5 Å². The van der Waals surface area contributed by atoms with Gasteiger partial charge in [0, 0.05) is 6.07 Å². The molecule has 0 spiro atoms. The minimum atomic E-state index is 0.394. The first kappa shape index (κ1) is 14.3. The molecule has 4 nitrogen and oxygen atoms in total. The molecular weight excluding hydrogens is 228 g/mol. The lowest BCUT2D eigenvalue weighted by Gasteiger charge is -2.10. The zero-order chi connectivity index (χ0) is 13.5. The molecule has 0 unspecified atom stereocenters. The topological polar surface area (TPSA) is 57.4 Å². The van der Waals surface area contributed by atoms with Crippen LogP contribution < -0.4 is 10.6 Å². The van der Waals surface area contributed by atoms with Crippen LogP contribution in [0.15, 0.2) is 35.9 Å². The number of ether oxygens (including phenoxy) is 1. The lowest BCUT2D eigenvalue weighted by Crippen LogP contribution is -2.03. The molecule has 98 valence electrons. The number of nitrogens with zero attached hydrogens (tertiary/aromatic N) is 1. The van der Waals surface area contributed by atoms with Gasteiger partial charge >= 0.3 is 0 Å². The van der Waals surface area contributed by atoms with E-state index in [1.165, 1.54) is 0 Å². The van der Waals surface area contributed by atoms with Crippen LogP contribution >= 0.6 is 0 Å². The molecule has 1 aromatic rings. The summed E-state index contributed by atoms with van der Waals surface area (Å²) in [5.74, 6) is 6.77. The molecule has 0 saturated carbocycles. The quantitative estimate of drug-likeness (QED) is 0.494. The summed E-state index contributed by atoms with van der Waals surface area (Å²) in [5, 5.41) is 0. The van der Waals surface area contributed by atoms with Crippen LogP contribution in [0.4, 0.5) is 0 Å². The second-order valence-corrected chi connectivity index (χ2v) is 4.14. The Balaban J connectivity index is 3.12. The highest BCUT2D eigenvalue weighted by atomic mass is 16.6. The van der Waals surface area contributed by atoms with Gasteiger partial charge in [0.2, 0.25) is 5.88 Å². The average Bonchev–Trinajstić information content (AvgIpc) is 2.39. The van der Waals surface area contributed by atoms with Crippen LogP contribution in [0.2, 0.25) is 0 Å². The molecule has 1 rings (SSSR count). The molecule has 0 aliphatic carbocycles. The Kier molecular flexibility index (Phi) is 5.39. The molecule has 4 heteroatoms. The van der Waals surface area contributed by atoms with E-state index in [0.717, 1.165) is 5.57 Å². The number of aromatic nitrogens is 1. The minimum Gasteiger partial charge on any atom is -0.481 e. The molecule has 0 fully saturated rings. The number of rotatable bonds is 5. The van der Waals surface area contributed by atoms with Crippen LogP contribution in [0.5, 0.6) is 5.88 Å². The zero-order valence-electron chi connectivity index (χ0n) is 11.3. The van der Waals surface area contributed by atoms with Gasteiger partial charge in [-0.2, -0.15) is 5.90 Å². The van der Waals surface area contributed by atoms with Crippen molar-refractivity contribution in [2.24, 2.45) is 11.8 Å². The maximum Gasteiger partial charge on any atom is 0.213 e. The van der Waals surface area contributed by atoms with Crippen LogP contribution in [0, 0.1) is 5.92 Å². The van der Waals surface area contributed by atoms with Crippen molar-refractivity contribution in [1.82, 2.24) is 4.98 Å². The van der Waals surface area contributed by atoms with Gasteiger partial charge in [0.25, 0.3) is 0 Å². The van der Waals surface area contributed by atoms with E-state index < -0.39 is 0 Å². The van der Waals surface area contributed by atoms with Crippen molar-refractivity contribution in [2.75, 3.05) is 7.11 Å². The number of hydrogen-bond donors (Lipinski definition) is 1. The van der Waals surface area contributed by atoms with Crippen molar-refractivity contribution >= 4 is 5.76 Å². The molecule has 2 N–H and O–H groups in total. The molecule has 0 aliphatic rings. The van der Waals surface area contributed by atoms with Gasteiger partial charge < -0.3 is 9.57 Å². The SMILES string of the molecule is C/C=C(\C=C(/ON)c1cccc(OC)n1)C(C)C. The fourth-order valence-electron chi connectivity index (χ4n) is 1.57. The van der Waals surface area contributed by atoms with Gasteiger partial charge in [-0.05, 0) is 30.6 Å². The highest BCUT2D eigenvalue weighted by Gasteiger charge is 2.08. The van der Waals surface area contributed by atoms with Gasteiger partial charge in [0.1, 0.15) is 5.69 Å². The molecule has 0 radical (unpaired) electrons. The Morgan fingerprint density at radius 1 is 1.39 bits per heavy atom. The summed E-state index contributed by atoms with van der Waals surface area (Å²) in [6.07, 6.45) is 3.93. The van der Waals surface area contributed by atoms with E-state index in [1.54, 1.807) is 13.2 Å². The Morgan fingerprint density at radius 3 is 2.61 bits per heavy atom. The molecule has 0 aromatic carbocycles. The molecule has 0 bridgehead atoms. The summed E-state index contributed by atoms with van der Waals surface area (Å²) in [6.45, 7) is 6.21. The summed E-state index contributed by atoms with van der Waals surface area (Å²) in [5.41, 5.74) is 1.79. The molecule has 0 aliphatic heterocycles. The summed E-state index contributed by atoms with van der Waals surface area (Å²) < 4.78 is 5.08. The van der Waals surface area contributed by atoms with Crippen LogP contribution in [0.3, 0.4) is 0 Å². The van der Waals surface area contributed by atoms with Gasteiger partial charge in [0.15, 0.2) is 5.76 Å². The Hall–Kier alpha value is -1.81. The smallest absolute Gasteiger partial charge is 0.213 e. The van der Waals surface area contributed by atoms with E-state index in [9.17, 15) is 0 Å². The van der Waals surface area contributed by atoms with Crippen LogP contribution in [0.25, 0.3) is 5.76 Å². The average molecular weight is 248 g/mol. The minimum absolute atomic E-state index is 0.394. The molecule has 1 aromatic heterocycles. The summed E-state index contributed by atoms with van der Waals surface area (Å²) in [4.78, 5) is 9.21. The molecule has 1 heterocycles. The van der Waals surface area contributed by atoms with Crippen molar-refractivity contribution < 1.29 is 9.57 Å². The van der Waals surface area contributed by atoms with Crippen molar-refractivity contribution in [3.63, 3.8) is 0 Å². The Bertz CT molecular complexity index is 451. The largest absolute Gasteiger partial charge is 0.481 e. The number of hydrogen-bond acceptors (Lipinski definition) is 4. The molecule has 18 heavy (non-hydrogen) atoms. The molecular formula is C14H20N2O2. The number of pyridine rings is 1. The second kappa shape index (κ2) is 6.81. The highest BCUT2D eigenvalue weighted by Crippen LogP contribution is 2.20. The summed E-state index contributed by atoms with van der Waals surface area (Å²) in [6, 6.07) is 5.45. The first-order valence-electron chi connectivity index (χ1n) is 5.88. The zero-order valence-corrected chi connectivity index (χ0v) is 11.3. The number of allylic oxidation sites excluding steroid dienone is 3. The Labute approximate surface area is 108 Å². The highest BCUT2D eigenvalue weighted by molar-refractivity contribution is 5.60. The first-order chi connectivity index (χ1) is 8.62. The van der Waals surface area contributed by atoms with Crippen molar-refractivity contribution in [1.29, 1.82) is 0 Å². The standard InChI is InChI=1S/C14H20N2O2/c1-5-11(10(2)3)9-13(18-15)12-7-6-8-14(16-12)17-4/h5-10H,15H2,1-4H3/b11-5+,13-9-. The predicted octanol–water partition coefficient (Wildman–Crippen LogP) is 2.92. The third-order valence-electron chi connectivity index (χ3n) is 2.61. The maximum atomic E-state index is 5.32. The normalized spacial score (nSPS) is 12.8. The van der Waals surface area contributed by atoms with E-state index in [-0.39, 0.29) is 0 Å². The van der Waals surface area contributed by atoms with Gasteiger partial charge in [0.05, 0.1) is 7.11 Å². The summed E-state index contributed by atoms with van der Waals surface area (Å²) >= 11 is 0. The molecule has 0 saturated heterocycles. The first-order valence-corrected chi connectivity index (χ1v) is 5.88. The van der Waals surface area contributed by atoms with Crippen molar-refractivity contribution in [2.45, 2.75) is 20.8 Å². The van der Waals surface area contributed by atoms with E-state index in [0.29, 0.717) is 23.3 Å². The fourth-order valence-corrected chi connectivity index (χ4v) is 1.57. The van der Waals surface area contributed by atoms with Gasteiger partial charge in [-0.1, -0.05) is 26.0 Å². The van der Waals surface area contributed by atoms with Crippen LogP contribution in [-0.2, 0) is 4.84 Å². The van der Waals surface area contributed by atoms with E-state index in [2.05, 4.69) is 18.8 Å². The predicted molar refractivity (Wildman–Crippen MR) is 72.6 cm³/mol. The lowest BCUT2D eigenvalue weighted by atomic mass is 10.0. The number of nitrogens with two attached hydrogens (primary N) is 1.